The summed E-state index contributed by atoms with van der Waals surface area (Å²) in [4.78, 5) is 16.2. The SMILES string of the molecule is COCC(=O)N(C)C[C@@H]1CCCN(CCc2ccccc2C)C1. The largest absolute Gasteiger partial charge is 0.375 e. The first-order valence-corrected chi connectivity index (χ1v) is 8.60. The third kappa shape index (κ3) is 5.63. The standard InChI is InChI=1S/C19H30N2O2/c1-16-7-4-5-9-18(16)10-12-21-11-6-8-17(14-21)13-20(2)19(22)15-23-3/h4-5,7,9,17H,6,8,10-15H2,1-3H3/t17-/m0/s1. The molecule has 23 heavy (non-hydrogen) atoms. The Labute approximate surface area is 140 Å². The first kappa shape index (κ1) is 18.0. The molecule has 0 unspecified atom stereocenters. The van der Waals surface area contributed by atoms with Crippen LogP contribution in [0.2, 0.25) is 0 Å². The Morgan fingerprint density at radius 1 is 1.39 bits per heavy atom. The van der Waals surface area contributed by atoms with Crippen LogP contribution in [0.4, 0.5) is 0 Å². The van der Waals surface area contributed by atoms with Gasteiger partial charge in [-0.3, -0.25) is 4.79 Å². The third-order valence-corrected chi connectivity index (χ3v) is 4.79. The molecule has 0 aliphatic carbocycles. The van der Waals surface area contributed by atoms with Crippen molar-refractivity contribution in [1.29, 1.82) is 0 Å². The van der Waals surface area contributed by atoms with E-state index in [0.717, 1.165) is 26.1 Å². The maximum absolute atomic E-state index is 11.8. The van der Waals surface area contributed by atoms with Crippen LogP contribution >= 0.6 is 0 Å². The summed E-state index contributed by atoms with van der Waals surface area (Å²) in [7, 11) is 3.45. The molecular weight excluding hydrogens is 288 g/mol. The molecular formula is C19H30N2O2. The monoisotopic (exact) mass is 318 g/mol. The second-order valence-electron chi connectivity index (χ2n) is 6.69. The first-order valence-electron chi connectivity index (χ1n) is 8.60. The van der Waals surface area contributed by atoms with E-state index in [4.69, 9.17) is 4.74 Å². The van der Waals surface area contributed by atoms with E-state index < -0.39 is 0 Å². The van der Waals surface area contributed by atoms with Gasteiger partial charge in [-0.15, -0.1) is 0 Å². The molecule has 1 aliphatic heterocycles. The van der Waals surface area contributed by atoms with E-state index in [9.17, 15) is 4.79 Å². The van der Waals surface area contributed by atoms with Crippen molar-refractivity contribution in [1.82, 2.24) is 9.80 Å². The van der Waals surface area contributed by atoms with Gasteiger partial charge in [0.25, 0.3) is 0 Å². The molecule has 0 bridgehead atoms. The Morgan fingerprint density at radius 3 is 2.91 bits per heavy atom. The van der Waals surface area contributed by atoms with Gasteiger partial charge >= 0.3 is 0 Å². The van der Waals surface area contributed by atoms with E-state index in [0.29, 0.717) is 5.92 Å². The van der Waals surface area contributed by atoms with Gasteiger partial charge < -0.3 is 14.5 Å². The van der Waals surface area contributed by atoms with Crippen LogP contribution in [0.5, 0.6) is 0 Å². The predicted octanol–water partition coefficient (Wildman–Crippen LogP) is 2.35. The zero-order valence-corrected chi connectivity index (χ0v) is 14.8. The lowest BCUT2D eigenvalue weighted by molar-refractivity contribution is -0.134. The maximum Gasteiger partial charge on any atom is 0.248 e. The van der Waals surface area contributed by atoms with Crippen LogP contribution in [0, 0.1) is 12.8 Å². The zero-order chi connectivity index (χ0) is 16.7. The molecule has 128 valence electrons. The highest BCUT2D eigenvalue weighted by molar-refractivity contribution is 5.77. The second kappa shape index (κ2) is 9.04. The average molecular weight is 318 g/mol. The molecule has 1 fully saturated rings. The molecule has 0 radical (unpaired) electrons. The highest BCUT2D eigenvalue weighted by Gasteiger charge is 2.22. The molecule has 1 aromatic carbocycles. The fourth-order valence-electron chi connectivity index (χ4n) is 3.40. The van der Waals surface area contributed by atoms with Crippen molar-refractivity contribution in [2.24, 2.45) is 5.92 Å². The highest BCUT2D eigenvalue weighted by atomic mass is 16.5. The summed E-state index contributed by atoms with van der Waals surface area (Å²) in [6, 6.07) is 8.64. The van der Waals surface area contributed by atoms with Crippen LogP contribution in [-0.2, 0) is 16.0 Å². The summed E-state index contributed by atoms with van der Waals surface area (Å²) < 4.78 is 4.93. The third-order valence-electron chi connectivity index (χ3n) is 4.79. The van der Waals surface area contributed by atoms with Crippen molar-refractivity contribution in [2.45, 2.75) is 26.2 Å². The Balaban J connectivity index is 1.79. The minimum atomic E-state index is 0.0736. The fraction of sp³-hybridized carbons (Fsp3) is 0.632. The average Bonchev–Trinajstić information content (AvgIpc) is 2.54. The van der Waals surface area contributed by atoms with Crippen molar-refractivity contribution >= 4 is 5.91 Å². The molecule has 0 saturated carbocycles. The normalized spacial score (nSPS) is 18.8. The van der Waals surface area contributed by atoms with Crippen LogP contribution in [-0.4, -0.2) is 62.7 Å². The molecule has 4 heteroatoms. The van der Waals surface area contributed by atoms with Gasteiger partial charge in [-0.05, 0) is 49.8 Å². The summed E-state index contributed by atoms with van der Waals surface area (Å²) in [6.45, 7) is 6.58. The van der Waals surface area contributed by atoms with Crippen molar-refractivity contribution in [3.8, 4) is 0 Å². The number of ether oxygens (including phenoxy) is 1. The molecule has 4 nitrogen and oxygen atoms in total. The molecule has 1 aromatic rings. The molecule has 1 heterocycles. The van der Waals surface area contributed by atoms with Gasteiger partial charge in [-0.1, -0.05) is 24.3 Å². The van der Waals surface area contributed by atoms with Gasteiger partial charge in [0.05, 0.1) is 0 Å². The van der Waals surface area contributed by atoms with Crippen LogP contribution in [0.25, 0.3) is 0 Å². The molecule has 1 saturated heterocycles. The van der Waals surface area contributed by atoms with Gasteiger partial charge in [-0.25, -0.2) is 0 Å². The van der Waals surface area contributed by atoms with Gasteiger partial charge in [0, 0.05) is 33.8 Å². The maximum atomic E-state index is 11.8. The van der Waals surface area contributed by atoms with E-state index in [1.807, 2.05) is 11.9 Å². The number of rotatable bonds is 7. The molecule has 0 aromatic heterocycles. The van der Waals surface area contributed by atoms with Crippen LogP contribution < -0.4 is 0 Å². The van der Waals surface area contributed by atoms with E-state index in [2.05, 4.69) is 36.1 Å². The van der Waals surface area contributed by atoms with Crippen LogP contribution in [0.15, 0.2) is 24.3 Å². The summed E-state index contributed by atoms with van der Waals surface area (Å²) in [5.74, 6) is 0.649. The number of carbonyl (C=O) groups is 1. The lowest BCUT2D eigenvalue weighted by Crippen LogP contribution is -2.43. The minimum absolute atomic E-state index is 0.0736. The Hall–Kier alpha value is -1.39. The number of piperidine rings is 1. The number of nitrogens with zero attached hydrogens (tertiary/aromatic N) is 2. The summed E-state index contributed by atoms with van der Waals surface area (Å²) >= 11 is 0. The molecule has 1 amide bonds. The second-order valence-corrected chi connectivity index (χ2v) is 6.69. The zero-order valence-electron chi connectivity index (χ0n) is 14.8. The quantitative estimate of drug-likeness (QED) is 0.774. The molecule has 0 N–H and O–H groups in total. The molecule has 1 aliphatic rings. The number of likely N-dealkylation sites (N-methyl/N-ethyl adjacent to an activating group) is 1. The smallest absolute Gasteiger partial charge is 0.248 e. The number of benzene rings is 1. The van der Waals surface area contributed by atoms with Gasteiger partial charge in [0.1, 0.15) is 6.61 Å². The lowest BCUT2D eigenvalue weighted by atomic mass is 9.96. The number of methoxy groups -OCH3 is 1. The summed E-state index contributed by atoms with van der Waals surface area (Å²) in [6.07, 6.45) is 3.55. The molecule has 1 atom stereocenters. The number of likely N-dealkylation sites (tertiary alicyclic amines) is 1. The molecule has 2 rings (SSSR count). The Morgan fingerprint density at radius 2 is 2.17 bits per heavy atom. The number of amides is 1. The van der Waals surface area contributed by atoms with Gasteiger partial charge in [-0.2, -0.15) is 0 Å². The van der Waals surface area contributed by atoms with Gasteiger partial charge in [0.2, 0.25) is 5.91 Å². The van der Waals surface area contributed by atoms with Crippen molar-refractivity contribution < 1.29 is 9.53 Å². The number of hydrogen-bond donors (Lipinski definition) is 0. The molecule has 0 spiro atoms. The highest BCUT2D eigenvalue weighted by Crippen LogP contribution is 2.18. The van der Waals surface area contributed by atoms with Gasteiger partial charge in [0.15, 0.2) is 0 Å². The number of hydrogen-bond acceptors (Lipinski definition) is 3. The first-order chi connectivity index (χ1) is 11.1. The van der Waals surface area contributed by atoms with Crippen molar-refractivity contribution in [3.05, 3.63) is 35.4 Å². The van der Waals surface area contributed by atoms with E-state index in [1.165, 1.54) is 30.5 Å². The number of aryl methyl sites for hydroxylation is 1. The topological polar surface area (TPSA) is 32.8 Å². The fourth-order valence-corrected chi connectivity index (χ4v) is 3.40. The van der Waals surface area contributed by atoms with E-state index in [1.54, 1.807) is 7.11 Å². The van der Waals surface area contributed by atoms with E-state index >= 15 is 0 Å². The Kier molecular flexibility index (Phi) is 7.06. The minimum Gasteiger partial charge on any atom is -0.375 e. The Bertz CT molecular complexity index is 504. The number of carbonyl (C=O) groups excluding carboxylic acids is 1. The lowest BCUT2D eigenvalue weighted by Gasteiger charge is -2.34. The summed E-state index contributed by atoms with van der Waals surface area (Å²) in [5, 5.41) is 0. The van der Waals surface area contributed by atoms with E-state index in [-0.39, 0.29) is 12.5 Å². The summed E-state index contributed by atoms with van der Waals surface area (Å²) in [5.41, 5.74) is 2.83. The predicted molar refractivity (Wildman–Crippen MR) is 93.6 cm³/mol. The van der Waals surface area contributed by atoms with Crippen molar-refractivity contribution in [2.75, 3.05) is 46.9 Å². The van der Waals surface area contributed by atoms with Crippen molar-refractivity contribution in [3.63, 3.8) is 0 Å². The van der Waals surface area contributed by atoms with Crippen LogP contribution in [0.1, 0.15) is 24.0 Å². The van der Waals surface area contributed by atoms with Crippen LogP contribution in [0.3, 0.4) is 0 Å².